The minimum atomic E-state index is -0.986. The van der Waals surface area contributed by atoms with Crippen molar-refractivity contribution in [3.05, 3.63) is 54.3 Å². The Morgan fingerprint density at radius 3 is 2.52 bits per heavy atom. The Balaban J connectivity index is 1.66. The summed E-state index contributed by atoms with van der Waals surface area (Å²) in [5, 5.41) is 22.7. The molecule has 2 aromatic rings. The number of aliphatic hydroxyl groups is 1. The van der Waals surface area contributed by atoms with Gasteiger partial charge < -0.3 is 25.0 Å². The number of nitrogens with one attached hydrogen (secondary N) is 1. The Morgan fingerprint density at radius 1 is 1.09 bits per heavy atom. The third-order valence-corrected chi connectivity index (χ3v) is 5.57. The summed E-state index contributed by atoms with van der Waals surface area (Å²) >= 11 is 0. The Bertz CT molecular complexity index is 965. The van der Waals surface area contributed by atoms with E-state index in [4.69, 9.17) is 14.6 Å². The molecule has 0 aliphatic heterocycles. The number of hydrogen-bond acceptors (Lipinski definition) is 5. The highest BCUT2D eigenvalue weighted by Crippen LogP contribution is 2.35. The molecule has 33 heavy (non-hydrogen) atoms. The minimum Gasteiger partial charge on any atom is -0.484 e. The maximum Gasteiger partial charge on any atom is 0.303 e. The molecule has 1 saturated carbocycles. The van der Waals surface area contributed by atoms with Crippen molar-refractivity contribution in [2.45, 2.75) is 64.2 Å². The van der Waals surface area contributed by atoms with E-state index >= 15 is 0 Å². The molecular weight excluding hydrogens is 429 g/mol. The molecule has 0 aromatic heterocycles. The van der Waals surface area contributed by atoms with Crippen molar-refractivity contribution < 1.29 is 33.7 Å². The molecule has 2 aromatic carbocycles. The average Bonchev–Trinajstić information content (AvgIpc) is 2.72. The van der Waals surface area contributed by atoms with Crippen LogP contribution in [0.25, 0.3) is 0 Å². The van der Waals surface area contributed by atoms with E-state index in [2.05, 4.69) is 5.32 Å². The highest BCUT2D eigenvalue weighted by atomic mass is 19.1. The number of halogens is 1. The standard InChI is InChI=1S/C25H30FNO6/c1-25(2,15-23(29)30)14-22(28)27-18-9-6-10-20(24(18)31)33-19-12-11-16(26)13-21(19)32-17-7-4-3-5-8-17/h3-5,7-8,11-13,18,20,24,31H,6,9-10,14-15H2,1-2H3,(H,27,28)(H,29,30)/t18-,20-,24-/m1/s1. The van der Waals surface area contributed by atoms with Gasteiger partial charge in [-0.05, 0) is 48.9 Å². The first-order valence-electron chi connectivity index (χ1n) is 11.0. The zero-order chi connectivity index (χ0) is 24.0. The van der Waals surface area contributed by atoms with Gasteiger partial charge in [-0.3, -0.25) is 9.59 Å². The zero-order valence-electron chi connectivity index (χ0n) is 18.8. The molecule has 0 saturated heterocycles. The second-order valence-electron chi connectivity index (χ2n) is 9.17. The van der Waals surface area contributed by atoms with Crippen molar-refractivity contribution in [3.8, 4) is 17.2 Å². The van der Waals surface area contributed by atoms with E-state index in [9.17, 15) is 19.1 Å². The van der Waals surface area contributed by atoms with Crippen molar-refractivity contribution >= 4 is 11.9 Å². The van der Waals surface area contributed by atoms with E-state index in [1.807, 2.05) is 6.07 Å². The van der Waals surface area contributed by atoms with Gasteiger partial charge in [-0.1, -0.05) is 32.0 Å². The summed E-state index contributed by atoms with van der Waals surface area (Å²) < 4.78 is 25.7. The van der Waals surface area contributed by atoms with Gasteiger partial charge in [0, 0.05) is 12.5 Å². The average molecular weight is 460 g/mol. The number of rotatable bonds is 9. The van der Waals surface area contributed by atoms with Gasteiger partial charge in [-0.15, -0.1) is 0 Å². The summed E-state index contributed by atoms with van der Waals surface area (Å²) in [6, 6.07) is 12.3. The van der Waals surface area contributed by atoms with E-state index in [0.29, 0.717) is 30.8 Å². The largest absolute Gasteiger partial charge is 0.484 e. The van der Waals surface area contributed by atoms with Gasteiger partial charge in [0.25, 0.3) is 0 Å². The third-order valence-electron chi connectivity index (χ3n) is 5.57. The van der Waals surface area contributed by atoms with Crippen molar-refractivity contribution in [3.63, 3.8) is 0 Å². The number of carboxylic acid groups (broad SMARTS) is 1. The highest BCUT2D eigenvalue weighted by Gasteiger charge is 2.36. The van der Waals surface area contributed by atoms with E-state index < -0.39 is 35.5 Å². The molecule has 0 heterocycles. The fraction of sp³-hybridized carbons (Fsp3) is 0.440. The Kier molecular flexibility index (Phi) is 7.92. The summed E-state index contributed by atoms with van der Waals surface area (Å²) in [7, 11) is 0. The molecule has 8 heteroatoms. The topological polar surface area (TPSA) is 105 Å². The van der Waals surface area contributed by atoms with Crippen LogP contribution in [0.15, 0.2) is 48.5 Å². The van der Waals surface area contributed by atoms with E-state index in [-0.39, 0.29) is 24.5 Å². The predicted octanol–water partition coefficient (Wildman–Crippen LogP) is 4.29. The number of para-hydroxylation sites is 1. The lowest BCUT2D eigenvalue weighted by atomic mass is 9.84. The normalized spacial score (nSPS) is 20.7. The second kappa shape index (κ2) is 10.7. The number of carbonyl (C=O) groups excluding carboxylic acids is 1. The molecule has 3 atom stereocenters. The van der Waals surface area contributed by atoms with Crippen LogP contribution in [0.3, 0.4) is 0 Å². The summed E-state index contributed by atoms with van der Waals surface area (Å²) in [6.07, 6.45) is 0.124. The van der Waals surface area contributed by atoms with Crippen LogP contribution in [0.2, 0.25) is 0 Å². The molecule has 3 rings (SSSR count). The first-order chi connectivity index (χ1) is 15.6. The van der Waals surface area contributed by atoms with E-state index in [1.165, 1.54) is 18.2 Å². The fourth-order valence-electron chi connectivity index (χ4n) is 4.03. The van der Waals surface area contributed by atoms with E-state index in [0.717, 1.165) is 0 Å². The van der Waals surface area contributed by atoms with E-state index in [1.54, 1.807) is 38.1 Å². The Hall–Kier alpha value is -3.13. The summed E-state index contributed by atoms with van der Waals surface area (Å²) in [6.45, 7) is 3.43. The summed E-state index contributed by atoms with van der Waals surface area (Å²) in [5.74, 6) is -0.765. The van der Waals surface area contributed by atoms with Gasteiger partial charge in [0.05, 0.1) is 12.5 Å². The monoisotopic (exact) mass is 459 g/mol. The van der Waals surface area contributed by atoms with Crippen molar-refractivity contribution in [1.82, 2.24) is 5.32 Å². The molecule has 1 aliphatic rings. The molecule has 7 nitrogen and oxygen atoms in total. The summed E-state index contributed by atoms with van der Waals surface area (Å²) in [5.41, 5.74) is -0.705. The maximum atomic E-state index is 13.9. The van der Waals surface area contributed by atoms with Gasteiger partial charge in [-0.2, -0.15) is 0 Å². The molecule has 1 aliphatic carbocycles. The SMILES string of the molecule is CC(C)(CC(=O)O)CC(=O)N[C@@H]1CCC[C@@H](Oc2ccc(F)cc2Oc2ccccc2)[C@@H]1O. The Morgan fingerprint density at radius 2 is 1.82 bits per heavy atom. The van der Waals surface area contributed by atoms with Gasteiger partial charge in [-0.25, -0.2) is 4.39 Å². The van der Waals surface area contributed by atoms with Crippen LogP contribution >= 0.6 is 0 Å². The Labute approximate surface area is 192 Å². The van der Waals surface area contributed by atoms with Crippen LogP contribution in [0.1, 0.15) is 46.0 Å². The van der Waals surface area contributed by atoms with Crippen LogP contribution in [-0.2, 0) is 9.59 Å². The van der Waals surface area contributed by atoms with Crippen LogP contribution in [0.5, 0.6) is 17.2 Å². The predicted molar refractivity (Wildman–Crippen MR) is 120 cm³/mol. The smallest absolute Gasteiger partial charge is 0.303 e. The van der Waals surface area contributed by atoms with Crippen molar-refractivity contribution in [2.75, 3.05) is 0 Å². The highest BCUT2D eigenvalue weighted by molar-refractivity contribution is 5.78. The number of ether oxygens (including phenoxy) is 2. The number of carboxylic acids is 1. The molecular formula is C25H30FNO6. The fourth-order valence-corrected chi connectivity index (χ4v) is 4.03. The molecule has 0 radical (unpaired) electrons. The number of aliphatic hydroxyl groups excluding tert-OH is 1. The lowest BCUT2D eigenvalue weighted by Gasteiger charge is -2.36. The third kappa shape index (κ3) is 7.18. The van der Waals surface area contributed by atoms with Crippen molar-refractivity contribution in [2.24, 2.45) is 5.41 Å². The van der Waals surface area contributed by atoms with Gasteiger partial charge in [0.1, 0.15) is 23.8 Å². The second-order valence-corrected chi connectivity index (χ2v) is 9.17. The molecule has 178 valence electrons. The summed E-state index contributed by atoms with van der Waals surface area (Å²) in [4.78, 5) is 23.5. The lowest BCUT2D eigenvalue weighted by Crippen LogP contribution is -2.53. The van der Waals surface area contributed by atoms with Crippen LogP contribution in [0.4, 0.5) is 4.39 Å². The van der Waals surface area contributed by atoms with Crippen LogP contribution in [-0.4, -0.2) is 40.3 Å². The number of aliphatic carboxylic acids is 1. The van der Waals surface area contributed by atoms with Gasteiger partial charge >= 0.3 is 5.97 Å². The molecule has 1 amide bonds. The lowest BCUT2D eigenvalue weighted by molar-refractivity contribution is -0.139. The first-order valence-corrected chi connectivity index (χ1v) is 11.0. The van der Waals surface area contributed by atoms with Gasteiger partial charge in [0.15, 0.2) is 11.5 Å². The number of carbonyl (C=O) groups is 2. The number of amides is 1. The molecule has 3 N–H and O–H groups in total. The molecule has 0 spiro atoms. The quantitative estimate of drug-likeness (QED) is 0.517. The zero-order valence-corrected chi connectivity index (χ0v) is 18.8. The number of hydrogen-bond donors (Lipinski definition) is 3. The van der Waals surface area contributed by atoms with Crippen molar-refractivity contribution in [1.29, 1.82) is 0 Å². The number of benzene rings is 2. The minimum absolute atomic E-state index is 0.0288. The van der Waals surface area contributed by atoms with Crippen LogP contribution in [0, 0.1) is 11.2 Å². The molecule has 1 fully saturated rings. The van der Waals surface area contributed by atoms with Crippen LogP contribution < -0.4 is 14.8 Å². The first kappa shape index (κ1) is 24.5. The maximum absolute atomic E-state index is 13.9. The van der Waals surface area contributed by atoms with Gasteiger partial charge in [0.2, 0.25) is 5.91 Å². The molecule has 0 bridgehead atoms. The molecule has 0 unspecified atom stereocenters.